The molecular formula is C82H79N. The zero-order valence-corrected chi connectivity index (χ0v) is 49.4. The van der Waals surface area contributed by atoms with Gasteiger partial charge in [-0.15, -0.1) is 0 Å². The third-order valence-corrected chi connectivity index (χ3v) is 14.5. The monoisotopic (exact) mass is 1080 g/mol. The molecule has 412 valence electrons. The average Bonchev–Trinajstić information content (AvgIpc) is 3.05. The lowest BCUT2D eigenvalue weighted by molar-refractivity contribution is 0.730. The summed E-state index contributed by atoms with van der Waals surface area (Å²) < 4.78 is 0. The Morgan fingerprint density at radius 1 is 0.470 bits per heavy atom. The third-order valence-electron chi connectivity index (χ3n) is 14.5. The van der Waals surface area contributed by atoms with Crippen LogP contribution >= 0.6 is 0 Å². The Hall–Kier alpha value is -9.56. The lowest BCUT2D eigenvalue weighted by Crippen LogP contribution is -2.09. The number of nitrogens with zero attached hydrogens (tertiary/aromatic N) is 1. The van der Waals surface area contributed by atoms with Crippen LogP contribution in [0.2, 0.25) is 0 Å². The Bertz CT molecular complexity index is 3760. The molecule has 1 nitrogen and oxygen atoms in total. The molecule has 2 aliphatic rings. The second-order valence-electron chi connectivity index (χ2n) is 20.5. The van der Waals surface area contributed by atoms with E-state index in [0.29, 0.717) is 5.92 Å². The number of rotatable bonds is 13. The molecule has 2 aliphatic carbocycles. The summed E-state index contributed by atoms with van der Waals surface area (Å²) in [6.45, 7) is 16.6. The number of benzene rings is 9. The van der Waals surface area contributed by atoms with Crippen LogP contribution in [0.15, 0.2) is 310 Å². The highest BCUT2D eigenvalue weighted by molar-refractivity contribution is 6.16. The Labute approximate surface area is 496 Å². The molecule has 0 heterocycles. The summed E-state index contributed by atoms with van der Waals surface area (Å²) in [6.07, 6.45) is 40.0. The summed E-state index contributed by atoms with van der Waals surface area (Å²) in [5.74, 6) is 0.580. The van der Waals surface area contributed by atoms with E-state index in [1.54, 1.807) is 0 Å². The minimum absolute atomic E-state index is 0.580. The highest BCUT2D eigenvalue weighted by Gasteiger charge is 2.24. The van der Waals surface area contributed by atoms with Gasteiger partial charge in [0.2, 0.25) is 0 Å². The summed E-state index contributed by atoms with van der Waals surface area (Å²) in [5.41, 5.74) is 20.3. The standard InChI is InChI=1S/C56H45N.C16H18.C8H10.C2H6/c1-4-17-44(18-5-2)55-53(46-33-27-41(3)28-34-46)51-25-15-16-26-52(51)54(56(55)45-21-11-7-12-22-45)47-35-39-50(40-36-47)57(48-23-13-8-14-24-48)49-37-31-43(32-38-49)30-29-42-19-9-6-10-20-42;1-14-8-10-16(11-9-14)13-12-15-6-4-2-3-5-7-15;1-8-6-4-2-3-5-7-8;1-2/h4-40H,1H2,2-3H3;2-4,6,8-13,15H,5,7H2,1H3;2-6H,7H2,1H3;1-2H3/b18-5-,30-29+,44-17+;13-12+;;. The molecule has 0 N–H and O–H groups in total. The van der Waals surface area contributed by atoms with E-state index in [1.165, 1.54) is 79.3 Å². The van der Waals surface area contributed by atoms with Crippen molar-refractivity contribution in [2.24, 2.45) is 5.92 Å². The second-order valence-corrected chi connectivity index (χ2v) is 20.5. The zero-order valence-electron chi connectivity index (χ0n) is 49.4. The van der Waals surface area contributed by atoms with Crippen LogP contribution in [0.1, 0.15) is 80.3 Å². The van der Waals surface area contributed by atoms with Crippen LogP contribution in [0.4, 0.5) is 17.1 Å². The Morgan fingerprint density at radius 3 is 1.60 bits per heavy atom. The molecule has 1 heteroatoms. The zero-order chi connectivity index (χ0) is 58.0. The van der Waals surface area contributed by atoms with Gasteiger partial charge in [-0.2, -0.15) is 0 Å². The number of hydrogen-bond donors (Lipinski definition) is 0. The van der Waals surface area contributed by atoms with Crippen molar-refractivity contribution < 1.29 is 0 Å². The molecule has 0 spiro atoms. The molecule has 9 aromatic rings. The van der Waals surface area contributed by atoms with Crippen molar-refractivity contribution in [3.63, 3.8) is 0 Å². The van der Waals surface area contributed by atoms with Gasteiger partial charge in [-0.25, -0.2) is 0 Å². The van der Waals surface area contributed by atoms with Gasteiger partial charge in [0.1, 0.15) is 0 Å². The van der Waals surface area contributed by atoms with Gasteiger partial charge in [0.15, 0.2) is 0 Å². The van der Waals surface area contributed by atoms with Gasteiger partial charge in [-0.3, -0.25) is 0 Å². The molecule has 0 radical (unpaired) electrons. The minimum Gasteiger partial charge on any atom is -0.311 e. The van der Waals surface area contributed by atoms with Crippen LogP contribution in [0.5, 0.6) is 0 Å². The molecule has 0 saturated carbocycles. The molecule has 0 fully saturated rings. The average molecular weight is 1080 g/mol. The van der Waals surface area contributed by atoms with Crippen LogP contribution in [-0.4, -0.2) is 0 Å². The van der Waals surface area contributed by atoms with E-state index < -0.39 is 0 Å². The van der Waals surface area contributed by atoms with Crippen molar-refractivity contribution in [3.8, 4) is 33.4 Å². The predicted molar refractivity (Wildman–Crippen MR) is 367 cm³/mol. The molecule has 0 aromatic heterocycles. The highest BCUT2D eigenvalue weighted by atomic mass is 15.1. The van der Waals surface area contributed by atoms with E-state index >= 15 is 0 Å². The summed E-state index contributed by atoms with van der Waals surface area (Å²) in [7, 11) is 0. The maximum Gasteiger partial charge on any atom is 0.0462 e. The van der Waals surface area contributed by atoms with Crippen molar-refractivity contribution in [3.05, 3.63) is 343 Å². The Kier molecular flexibility index (Phi) is 22.6. The number of hydrogen-bond acceptors (Lipinski definition) is 1. The number of aryl methyl sites for hydroxylation is 2. The first kappa shape index (κ1) is 59.6. The fourth-order valence-electron chi connectivity index (χ4n) is 10.3. The fraction of sp³-hybridized carbons (Fsp3) is 0.122. The van der Waals surface area contributed by atoms with Crippen molar-refractivity contribution in [2.75, 3.05) is 4.90 Å². The lowest BCUT2D eigenvalue weighted by atomic mass is 9.78. The molecule has 0 saturated heterocycles. The molecule has 9 aromatic carbocycles. The van der Waals surface area contributed by atoms with E-state index in [9.17, 15) is 0 Å². The fourth-order valence-corrected chi connectivity index (χ4v) is 10.3. The van der Waals surface area contributed by atoms with Gasteiger partial charge < -0.3 is 4.90 Å². The van der Waals surface area contributed by atoms with Crippen LogP contribution in [0, 0.1) is 19.8 Å². The Balaban J connectivity index is 0.000000283. The van der Waals surface area contributed by atoms with Crippen LogP contribution in [-0.2, 0) is 0 Å². The maximum atomic E-state index is 4.15. The lowest BCUT2D eigenvalue weighted by Gasteiger charge is -2.27. The largest absolute Gasteiger partial charge is 0.311 e. The number of para-hydroxylation sites is 1. The molecule has 1 atom stereocenters. The van der Waals surface area contributed by atoms with Gasteiger partial charge in [0.25, 0.3) is 0 Å². The van der Waals surface area contributed by atoms with E-state index in [0.717, 1.165) is 45.7 Å². The number of allylic oxidation sites excluding steroid dienone is 16. The molecule has 0 bridgehead atoms. The first-order chi connectivity index (χ1) is 40.9. The normalized spacial score (nSPS) is 13.7. The number of anilines is 3. The third kappa shape index (κ3) is 16.5. The smallest absolute Gasteiger partial charge is 0.0462 e. The number of fused-ring (bicyclic) bond motifs is 1. The molecule has 0 amide bonds. The first-order valence-corrected chi connectivity index (χ1v) is 29.4. The van der Waals surface area contributed by atoms with Gasteiger partial charge in [0, 0.05) is 17.1 Å². The summed E-state index contributed by atoms with van der Waals surface area (Å²) in [6, 6.07) is 76.2. The van der Waals surface area contributed by atoms with Crippen LogP contribution in [0.3, 0.4) is 0 Å². The van der Waals surface area contributed by atoms with Crippen LogP contribution in [0.25, 0.3) is 68.0 Å². The van der Waals surface area contributed by atoms with Gasteiger partial charge >= 0.3 is 0 Å². The summed E-state index contributed by atoms with van der Waals surface area (Å²) >= 11 is 0. The van der Waals surface area contributed by atoms with Gasteiger partial charge in [0.05, 0.1) is 0 Å². The predicted octanol–water partition coefficient (Wildman–Crippen LogP) is 23.9. The molecule has 11 rings (SSSR count). The van der Waals surface area contributed by atoms with Gasteiger partial charge in [-0.1, -0.05) is 316 Å². The van der Waals surface area contributed by atoms with Crippen molar-refractivity contribution in [2.45, 2.75) is 60.8 Å². The quantitative estimate of drug-likeness (QED) is 0.0822. The Morgan fingerprint density at radius 2 is 0.964 bits per heavy atom. The van der Waals surface area contributed by atoms with Gasteiger partial charge in [-0.05, 0) is 161 Å². The maximum absolute atomic E-state index is 4.15. The van der Waals surface area contributed by atoms with Crippen molar-refractivity contribution >= 4 is 51.6 Å². The first-order valence-electron chi connectivity index (χ1n) is 29.4. The van der Waals surface area contributed by atoms with Crippen LogP contribution < -0.4 is 4.90 Å². The topological polar surface area (TPSA) is 3.24 Å². The van der Waals surface area contributed by atoms with E-state index in [1.807, 2.05) is 26.0 Å². The summed E-state index contributed by atoms with van der Waals surface area (Å²) in [4.78, 5) is 2.33. The van der Waals surface area contributed by atoms with Crippen molar-refractivity contribution in [1.29, 1.82) is 0 Å². The van der Waals surface area contributed by atoms with E-state index in [4.69, 9.17) is 0 Å². The molecular weight excluding hydrogens is 999 g/mol. The molecule has 83 heavy (non-hydrogen) atoms. The van der Waals surface area contributed by atoms with E-state index in [2.05, 4.69) is 343 Å². The minimum atomic E-state index is 0.580. The highest BCUT2D eigenvalue weighted by Crippen LogP contribution is 2.50. The molecule has 1 unspecified atom stereocenters. The second kappa shape index (κ2) is 31.4. The molecule has 0 aliphatic heterocycles. The summed E-state index contributed by atoms with van der Waals surface area (Å²) in [5, 5.41) is 2.42. The van der Waals surface area contributed by atoms with Crippen molar-refractivity contribution in [1.82, 2.24) is 0 Å². The SMILES string of the molecule is C=C/C=C(\C=C/C)c1c(-c2ccccc2)c(-c2ccc(N(c3ccccc3)c3ccc(/C=C/c4ccccc4)cc3)cc2)c2ccccc2c1-c1ccc(C)cc1.CC.CC1=CC=CC=CC1.Cc1ccc(/C=C/C2C=CC=CCC2)cc1. The van der Waals surface area contributed by atoms with E-state index in [-0.39, 0.29) is 0 Å².